The molecule has 0 spiro atoms. The molecule has 0 bridgehead atoms. The number of rotatable bonds is 5. The highest BCUT2D eigenvalue weighted by Crippen LogP contribution is 2.40. The molecule has 0 amide bonds. The molecule has 0 N–H and O–H groups in total. The second-order valence-corrected chi connectivity index (χ2v) is 5.80. The van der Waals surface area contributed by atoms with Crippen molar-refractivity contribution in [1.82, 2.24) is 0 Å². The van der Waals surface area contributed by atoms with Gasteiger partial charge < -0.3 is 0 Å². The lowest BCUT2D eigenvalue weighted by Crippen LogP contribution is -2.20. The average Bonchev–Trinajstić information content (AvgIpc) is 2.17. The van der Waals surface area contributed by atoms with Crippen molar-refractivity contribution in [2.45, 2.75) is 78.6 Å². The van der Waals surface area contributed by atoms with Crippen molar-refractivity contribution in [2.75, 3.05) is 0 Å². The first-order chi connectivity index (χ1) is 6.66. The maximum atomic E-state index is 2.52. The minimum atomic E-state index is 0.709. The fourth-order valence-electron chi connectivity index (χ4n) is 2.89. The molecule has 1 saturated carbocycles. The third kappa shape index (κ3) is 4.02. The Balaban J connectivity index is 2.21. The van der Waals surface area contributed by atoms with E-state index >= 15 is 0 Å². The summed E-state index contributed by atoms with van der Waals surface area (Å²) in [5.41, 5.74) is 0.709. The van der Waals surface area contributed by atoms with Crippen LogP contribution in [0.2, 0.25) is 0 Å². The van der Waals surface area contributed by atoms with E-state index in [1.807, 2.05) is 0 Å². The van der Waals surface area contributed by atoms with Gasteiger partial charge in [-0.05, 0) is 30.6 Å². The van der Waals surface area contributed by atoms with Crippen LogP contribution in [0.25, 0.3) is 0 Å². The van der Waals surface area contributed by atoms with Gasteiger partial charge in [0.15, 0.2) is 0 Å². The Labute approximate surface area is 90.5 Å². The van der Waals surface area contributed by atoms with Crippen LogP contribution in [0.3, 0.4) is 0 Å². The maximum Gasteiger partial charge on any atom is -0.0326 e. The molecule has 0 aromatic rings. The van der Waals surface area contributed by atoms with Crippen molar-refractivity contribution in [1.29, 1.82) is 0 Å². The molecule has 0 aromatic heterocycles. The first-order valence-electron chi connectivity index (χ1n) is 6.66. The van der Waals surface area contributed by atoms with E-state index in [0.29, 0.717) is 5.41 Å². The Morgan fingerprint density at radius 3 is 2.29 bits per heavy atom. The molecule has 0 heteroatoms. The predicted octanol–water partition coefficient (Wildman–Crippen LogP) is 5.17. The lowest BCUT2D eigenvalue weighted by atomic mass is 9.72. The molecule has 1 atom stereocenters. The van der Waals surface area contributed by atoms with Gasteiger partial charge in [0.2, 0.25) is 0 Å². The van der Waals surface area contributed by atoms with E-state index in [2.05, 4.69) is 20.8 Å². The lowest BCUT2D eigenvalue weighted by Gasteiger charge is -2.34. The monoisotopic (exact) mass is 196 g/mol. The van der Waals surface area contributed by atoms with Crippen LogP contribution in [-0.4, -0.2) is 0 Å². The second-order valence-electron chi connectivity index (χ2n) is 5.80. The Morgan fingerprint density at radius 2 is 1.71 bits per heavy atom. The van der Waals surface area contributed by atoms with Gasteiger partial charge in [0.25, 0.3) is 0 Å². The SMILES string of the molecule is CCCC(C)CCC1(C)CCCCC1. The van der Waals surface area contributed by atoms with E-state index in [0.717, 1.165) is 5.92 Å². The van der Waals surface area contributed by atoms with Gasteiger partial charge in [-0.25, -0.2) is 0 Å². The zero-order chi connectivity index (χ0) is 10.4. The summed E-state index contributed by atoms with van der Waals surface area (Å²) in [5, 5.41) is 0. The maximum absolute atomic E-state index is 2.52. The van der Waals surface area contributed by atoms with E-state index in [9.17, 15) is 0 Å². The zero-order valence-corrected chi connectivity index (χ0v) is 10.4. The zero-order valence-electron chi connectivity index (χ0n) is 10.4. The smallest absolute Gasteiger partial charge is 0.0326 e. The van der Waals surface area contributed by atoms with Crippen LogP contribution in [0.4, 0.5) is 0 Å². The fourth-order valence-corrected chi connectivity index (χ4v) is 2.89. The second kappa shape index (κ2) is 5.78. The largest absolute Gasteiger partial charge is 0.0654 e. The molecule has 0 saturated heterocycles. The Morgan fingerprint density at radius 1 is 1.07 bits per heavy atom. The molecule has 0 aromatic carbocycles. The molecule has 1 fully saturated rings. The molecular formula is C14H28. The van der Waals surface area contributed by atoms with E-state index in [1.54, 1.807) is 0 Å². The molecule has 84 valence electrons. The number of hydrogen-bond donors (Lipinski definition) is 0. The summed E-state index contributed by atoms with van der Waals surface area (Å²) < 4.78 is 0. The molecule has 0 radical (unpaired) electrons. The van der Waals surface area contributed by atoms with Gasteiger partial charge in [-0.3, -0.25) is 0 Å². The Kier molecular flexibility index (Phi) is 4.98. The molecule has 1 rings (SSSR count). The quantitative estimate of drug-likeness (QED) is 0.569. The van der Waals surface area contributed by atoms with Crippen LogP contribution in [0.1, 0.15) is 78.6 Å². The highest BCUT2D eigenvalue weighted by molar-refractivity contribution is 4.78. The summed E-state index contributed by atoms with van der Waals surface area (Å²) >= 11 is 0. The minimum Gasteiger partial charge on any atom is -0.0654 e. The van der Waals surface area contributed by atoms with E-state index in [-0.39, 0.29) is 0 Å². The normalized spacial score (nSPS) is 23.4. The standard InChI is InChI=1S/C14H28/c1-4-8-13(2)9-12-14(3)10-6-5-7-11-14/h13H,4-12H2,1-3H3. The van der Waals surface area contributed by atoms with E-state index in [1.165, 1.54) is 57.8 Å². The van der Waals surface area contributed by atoms with Crippen molar-refractivity contribution in [2.24, 2.45) is 11.3 Å². The van der Waals surface area contributed by atoms with Crippen molar-refractivity contribution < 1.29 is 0 Å². The highest BCUT2D eigenvalue weighted by atomic mass is 14.3. The van der Waals surface area contributed by atoms with Gasteiger partial charge in [-0.2, -0.15) is 0 Å². The van der Waals surface area contributed by atoms with Gasteiger partial charge in [0.05, 0.1) is 0 Å². The summed E-state index contributed by atoms with van der Waals surface area (Å²) in [5.74, 6) is 0.957. The van der Waals surface area contributed by atoms with E-state index in [4.69, 9.17) is 0 Å². The first kappa shape index (κ1) is 12.1. The summed E-state index contributed by atoms with van der Waals surface area (Å²) in [6, 6.07) is 0. The molecule has 0 aliphatic heterocycles. The van der Waals surface area contributed by atoms with E-state index < -0.39 is 0 Å². The van der Waals surface area contributed by atoms with Crippen LogP contribution in [0.15, 0.2) is 0 Å². The molecule has 0 heterocycles. The summed E-state index contributed by atoms with van der Waals surface area (Å²) in [7, 11) is 0. The van der Waals surface area contributed by atoms with Gasteiger partial charge in [0, 0.05) is 0 Å². The van der Waals surface area contributed by atoms with Crippen LogP contribution in [0, 0.1) is 11.3 Å². The summed E-state index contributed by atoms with van der Waals surface area (Å²) in [6.07, 6.45) is 13.2. The molecule has 1 aliphatic carbocycles. The molecular weight excluding hydrogens is 168 g/mol. The molecule has 0 nitrogen and oxygen atoms in total. The number of hydrogen-bond acceptors (Lipinski definition) is 0. The van der Waals surface area contributed by atoms with Crippen molar-refractivity contribution >= 4 is 0 Å². The van der Waals surface area contributed by atoms with Gasteiger partial charge in [0.1, 0.15) is 0 Å². The van der Waals surface area contributed by atoms with Crippen LogP contribution < -0.4 is 0 Å². The van der Waals surface area contributed by atoms with Crippen LogP contribution >= 0.6 is 0 Å². The Bertz CT molecular complexity index is 142. The fraction of sp³-hybridized carbons (Fsp3) is 1.00. The van der Waals surface area contributed by atoms with Crippen molar-refractivity contribution in [3.63, 3.8) is 0 Å². The average molecular weight is 196 g/mol. The third-order valence-corrected chi connectivity index (χ3v) is 4.08. The summed E-state index contributed by atoms with van der Waals surface area (Å²) in [4.78, 5) is 0. The topological polar surface area (TPSA) is 0 Å². The Hall–Kier alpha value is 0. The van der Waals surface area contributed by atoms with Gasteiger partial charge in [-0.1, -0.05) is 59.3 Å². The van der Waals surface area contributed by atoms with Crippen molar-refractivity contribution in [3.8, 4) is 0 Å². The predicted molar refractivity (Wildman–Crippen MR) is 64.5 cm³/mol. The first-order valence-corrected chi connectivity index (χ1v) is 6.66. The third-order valence-electron chi connectivity index (χ3n) is 4.08. The molecule has 1 aliphatic rings. The summed E-state index contributed by atoms with van der Waals surface area (Å²) in [6.45, 7) is 7.25. The lowest BCUT2D eigenvalue weighted by molar-refractivity contribution is 0.183. The van der Waals surface area contributed by atoms with Crippen LogP contribution in [-0.2, 0) is 0 Å². The van der Waals surface area contributed by atoms with Gasteiger partial charge >= 0.3 is 0 Å². The van der Waals surface area contributed by atoms with Gasteiger partial charge in [-0.15, -0.1) is 0 Å². The minimum absolute atomic E-state index is 0.709. The van der Waals surface area contributed by atoms with Crippen LogP contribution in [0.5, 0.6) is 0 Å². The highest BCUT2D eigenvalue weighted by Gasteiger charge is 2.26. The molecule has 1 unspecified atom stereocenters. The molecule has 14 heavy (non-hydrogen) atoms. The van der Waals surface area contributed by atoms with Crippen molar-refractivity contribution in [3.05, 3.63) is 0 Å².